The highest BCUT2D eigenvalue weighted by molar-refractivity contribution is 7.99. The van der Waals surface area contributed by atoms with E-state index in [1.807, 2.05) is 29.7 Å². The summed E-state index contributed by atoms with van der Waals surface area (Å²) in [6.07, 6.45) is 2.99. The zero-order valence-electron chi connectivity index (χ0n) is 10.3. The van der Waals surface area contributed by atoms with E-state index in [0.717, 1.165) is 12.2 Å². The quantitative estimate of drug-likeness (QED) is 0.918. The van der Waals surface area contributed by atoms with Crippen molar-refractivity contribution in [2.45, 2.75) is 23.9 Å². The van der Waals surface area contributed by atoms with Crippen molar-refractivity contribution in [2.75, 3.05) is 5.75 Å². The van der Waals surface area contributed by atoms with Crippen molar-refractivity contribution >= 4 is 11.8 Å². The number of fused-ring (bicyclic) bond motifs is 1. The molecule has 0 saturated heterocycles. The third-order valence-corrected chi connectivity index (χ3v) is 4.42. The van der Waals surface area contributed by atoms with Crippen LogP contribution in [0.15, 0.2) is 35.4 Å². The van der Waals surface area contributed by atoms with Gasteiger partial charge in [0, 0.05) is 24.5 Å². The topological polar surface area (TPSA) is 42.7 Å². The van der Waals surface area contributed by atoms with Crippen LogP contribution >= 0.6 is 11.8 Å². The minimum absolute atomic E-state index is 0.442. The highest BCUT2D eigenvalue weighted by Crippen LogP contribution is 2.35. The van der Waals surface area contributed by atoms with Crippen LogP contribution in [0.4, 0.5) is 0 Å². The van der Waals surface area contributed by atoms with Gasteiger partial charge in [-0.05, 0) is 23.8 Å². The van der Waals surface area contributed by atoms with Crippen LogP contribution in [0.25, 0.3) is 0 Å². The van der Waals surface area contributed by atoms with Gasteiger partial charge in [-0.3, -0.25) is 4.68 Å². The van der Waals surface area contributed by atoms with Gasteiger partial charge in [0.15, 0.2) is 0 Å². The molecule has 0 saturated carbocycles. The molecule has 1 unspecified atom stereocenters. The number of rotatable bonds is 3. The molecule has 0 spiro atoms. The molecule has 4 nitrogen and oxygen atoms in total. The van der Waals surface area contributed by atoms with E-state index in [9.17, 15) is 0 Å². The molecule has 2 heterocycles. The van der Waals surface area contributed by atoms with Crippen LogP contribution in [0.2, 0.25) is 0 Å². The van der Waals surface area contributed by atoms with Crippen LogP contribution in [-0.4, -0.2) is 20.7 Å². The molecule has 1 N–H and O–H groups in total. The molecule has 5 heteroatoms. The number of aromatic nitrogens is 3. The van der Waals surface area contributed by atoms with Crippen LogP contribution in [0.3, 0.4) is 0 Å². The fourth-order valence-corrected chi connectivity index (χ4v) is 3.38. The van der Waals surface area contributed by atoms with E-state index in [-0.39, 0.29) is 0 Å². The molecule has 0 radical (unpaired) electrons. The van der Waals surface area contributed by atoms with Gasteiger partial charge in [-0.1, -0.05) is 23.4 Å². The van der Waals surface area contributed by atoms with Gasteiger partial charge in [0.2, 0.25) is 0 Å². The Balaban J connectivity index is 1.73. The first-order chi connectivity index (χ1) is 8.84. The van der Waals surface area contributed by atoms with Crippen molar-refractivity contribution in [1.82, 2.24) is 20.3 Å². The molecule has 1 aliphatic heterocycles. The van der Waals surface area contributed by atoms with Gasteiger partial charge in [-0.25, -0.2) is 0 Å². The molecule has 1 atom stereocenters. The molecule has 0 amide bonds. The van der Waals surface area contributed by atoms with Crippen molar-refractivity contribution in [3.05, 3.63) is 41.7 Å². The van der Waals surface area contributed by atoms with Crippen molar-refractivity contribution in [1.29, 1.82) is 0 Å². The minimum Gasteiger partial charge on any atom is -0.304 e. The van der Waals surface area contributed by atoms with E-state index >= 15 is 0 Å². The predicted octanol–water partition coefficient (Wildman–Crippen LogP) is 2.14. The molecule has 1 aliphatic rings. The van der Waals surface area contributed by atoms with Gasteiger partial charge < -0.3 is 5.32 Å². The van der Waals surface area contributed by atoms with Gasteiger partial charge in [0.1, 0.15) is 0 Å². The molecular formula is C13H16N4S. The summed E-state index contributed by atoms with van der Waals surface area (Å²) in [7, 11) is 1.93. The first kappa shape index (κ1) is 11.7. The van der Waals surface area contributed by atoms with Crippen LogP contribution < -0.4 is 5.32 Å². The monoisotopic (exact) mass is 260 g/mol. The average molecular weight is 260 g/mol. The number of nitrogens with one attached hydrogen (secondary N) is 1. The van der Waals surface area contributed by atoms with Gasteiger partial charge >= 0.3 is 0 Å². The lowest BCUT2D eigenvalue weighted by Gasteiger charge is -2.25. The van der Waals surface area contributed by atoms with Crippen molar-refractivity contribution < 1.29 is 0 Å². The summed E-state index contributed by atoms with van der Waals surface area (Å²) in [5, 5.41) is 11.5. The minimum atomic E-state index is 0.442. The summed E-state index contributed by atoms with van der Waals surface area (Å²) >= 11 is 1.95. The summed E-state index contributed by atoms with van der Waals surface area (Å²) in [5.41, 5.74) is 2.54. The molecule has 3 rings (SSSR count). The Labute approximate surface area is 111 Å². The van der Waals surface area contributed by atoms with E-state index in [1.54, 1.807) is 0 Å². The first-order valence-electron chi connectivity index (χ1n) is 6.13. The second-order valence-electron chi connectivity index (χ2n) is 4.46. The zero-order valence-corrected chi connectivity index (χ0v) is 11.2. The molecule has 2 aromatic rings. The zero-order chi connectivity index (χ0) is 12.4. The van der Waals surface area contributed by atoms with E-state index in [0.29, 0.717) is 6.04 Å². The maximum absolute atomic E-state index is 3.95. The number of benzene rings is 1. The Bertz CT molecular complexity index is 537. The molecule has 0 bridgehead atoms. The Morgan fingerprint density at radius 2 is 2.33 bits per heavy atom. The highest BCUT2D eigenvalue weighted by Gasteiger charge is 2.19. The SMILES string of the molecule is Cn1nncc1CNC1CCSc2ccccc21. The number of hydrogen-bond acceptors (Lipinski definition) is 4. The standard InChI is InChI=1S/C13H16N4S/c1-17-10(9-15-16-17)8-14-12-6-7-18-13-5-3-2-4-11(12)13/h2-5,9,12,14H,6-8H2,1H3. The van der Waals surface area contributed by atoms with Crippen molar-refractivity contribution in [3.63, 3.8) is 0 Å². The number of hydrogen-bond donors (Lipinski definition) is 1. The highest BCUT2D eigenvalue weighted by atomic mass is 32.2. The van der Waals surface area contributed by atoms with E-state index in [4.69, 9.17) is 0 Å². The fourth-order valence-electron chi connectivity index (χ4n) is 2.25. The maximum Gasteiger partial charge on any atom is 0.0738 e. The predicted molar refractivity (Wildman–Crippen MR) is 72.4 cm³/mol. The molecule has 0 fully saturated rings. The van der Waals surface area contributed by atoms with Crippen molar-refractivity contribution in [2.24, 2.45) is 7.05 Å². The molecule has 94 valence electrons. The largest absolute Gasteiger partial charge is 0.304 e. The molecular weight excluding hydrogens is 244 g/mol. The van der Waals surface area contributed by atoms with Crippen LogP contribution in [0.5, 0.6) is 0 Å². The van der Waals surface area contributed by atoms with Crippen LogP contribution in [0, 0.1) is 0 Å². The Hall–Kier alpha value is -1.33. The third-order valence-electron chi connectivity index (χ3n) is 3.30. The van der Waals surface area contributed by atoms with Gasteiger partial charge in [0.25, 0.3) is 0 Å². The average Bonchev–Trinajstić information content (AvgIpc) is 2.82. The van der Waals surface area contributed by atoms with E-state index < -0.39 is 0 Å². The first-order valence-corrected chi connectivity index (χ1v) is 7.12. The smallest absolute Gasteiger partial charge is 0.0738 e. The molecule has 0 aliphatic carbocycles. The lowest BCUT2D eigenvalue weighted by Crippen LogP contribution is -2.25. The summed E-state index contributed by atoms with van der Waals surface area (Å²) in [5.74, 6) is 1.18. The third kappa shape index (κ3) is 2.28. The second kappa shape index (κ2) is 5.12. The molecule has 1 aromatic carbocycles. The fraction of sp³-hybridized carbons (Fsp3) is 0.385. The number of thioether (sulfide) groups is 1. The van der Waals surface area contributed by atoms with E-state index in [1.165, 1.54) is 22.6 Å². The van der Waals surface area contributed by atoms with Gasteiger partial charge in [-0.2, -0.15) is 0 Å². The molecule has 1 aromatic heterocycles. The van der Waals surface area contributed by atoms with Gasteiger partial charge in [0.05, 0.1) is 11.9 Å². The Morgan fingerprint density at radius 3 is 3.17 bits per heavy atom. The second-order valence-corrected chi connectivity index (χ2v) is 5.59. The number of aryl methyl sites for hydroxylation is 1. The lowest BCUT2D eigenvalue weighted by atomic mass is 10.0. The summed E-state index contributed by atoms with van der Waals surface area (Å²) in [6, 6.07) is 9.10. The summed E-state index contributed by atoms with van der Waals surface area (Å²) < 4.78 is 1.82. The normalized spacial score (nSPS) is 18.6. The number of nitrogens with zero attached hydrogens (tertiary/aromatic N) is 3. The Kier molecular flexibility index (Phi) is 3.34. The van der Waals surface area contributed by atoms with Crippen LogP contribution in [-0.2, 0) is 13.6 Å². The van der Waals surface area contributed by atoms with Gasteiger partial charge in [-0.15, -0.1) is 16.9 Å². The maximum atomic E-state index is 3.95. The van der Waals surface area contributed by atoms with E-state index in [2.05, 4.69) is 39.9 Å². The molecule has 18 heavy (non-hydrogen) atoms. The lowest BCUT2D eigenvalue weighted by molar-refractivity contribution is 0.494. The summed E-state index contributed by atoms with van der Waals surface area (Å²) in [6.45, 7) is 0.813. The summed E-state index contributed by atoms with van der Waals surface area (Å²) in [4.78, 5) is 1.41. The van der Waals surface area contributed by atoms with Crippen LogP contribution in [0.1, 0.15) is 23.7 Å². The Morgan fingerprint density at radius 1 is 1.44 bits per heavy atom. The van der Waals surface area contributed by atoms with Crippen molar-refractivity contribution in [3.8, 4) is 0 Å².